The number of hydrogen-bond acceptors (Lipinski definition) is 3. The Morgan fingerprint density at radius 1 is 0.404 bits per heavy atom. The van der Waals surface area contributed by atoms with E-state index in [1.807, 2.05) is 0 Å². The monoisotopic (exact) mass is 745 g/mol. The Morgan fingerprint density at radius 3 is 0.851 bits per heavy atom. The molecule has 4 aromatic rings. The molecule has 0 aromatic heterocycles. The molecule has 0 unspecified atom stereocenters. The van der Waals surface area contributed by atoms with Crippen molar-refractivity contribution in [2.75, 3.05) is 57.0 Å². The minimum Gasteiger partial charge on any atom is -1.00 e. The molecule has 0 aliphatic heterocycles. The predicted octanol–water partition coefficient (Wildman–Crippen LogP) is -2.93. The van der Waals surface area contributed by atoms with Gasteiger partial charge in [0.2, 0.25) is 0 Å². The summed E-state index contributed by atoms with van der Waals surface area (Å²) < 4.78 is 0. The Kier molecular flexibility index (Phi) is 16.1. The van der Waals surface area contributed by atoms with Crippen molar-refractivity contribution in [2.24, 2.45) is 0 Å². The van der Waals surface area contributed by atoms with Crippen LogP contribution in [0, 0.1) is 69.2 Å². The zero-order chi connectivity index (χ0) is 32.3. The second-order valence-corrected chi connectivity index (χ2v) is 17.1. The van der Waals surface area contributed by atoms with E-state index in [-0.39, 0.29) is 58.9 Å². The smallest absolute Gasteiger partial charge is 1.00 e. The van der Waals surface area contributed by atoms with E-state index in [9.17, 15) is 0 Å². The van der Waals surface area contributed by atoms with E-state index in [0.717, 1.165) is 0 Å². The third kappa shape index (κ3) is 7.12. The summed E-state index contributed by atoms with van der Waals surface area (Å²) in [4.78, 5) is 6.94. The van der Waals surface area contributed by atoms with Crippen LogP contribution in [0.1, 0.15) is 55.6 Å². The van der Waals surface area contributed by atoms with E-state index in [0.29, 0.717) is 0 Å². The third-order valence-corrected chi connectivity index (χ3v) is 15.8. The maximum atomic E-state index is 2.49. The Bertz CT molecular complexity index is 1540. The fourth-order valence-corrected chi connectivity index (χ4v) is 14.6. The zero-order valence-electron chi connectivity index (χ0n) is 31.4. The second kappa shape index (κ2) is 16.7. The van der Waals surface area contributed by atoms with Gasteiger partial charge in [-0.3, -0.25) is 0 Å². The van der Waals surface area contributed by atoms with E-state index in [2.05, 4.69) is 163 Å². The third-order valence-electron chi connectivity index (χ3n) is 10.3. The van der Waals surface area contributed by atoms with Crippen molar-refractivity contribution in [1.29, 1.82) is 0 Å². The molecule has 0 bridgehead atoms. The number of anilines is 3. The van der Waals surface area contributed by atoms with Crippen LogP contribution in [-0.2, 0) is 21.7 Å². The molecule has 0 amide bonds. The average molecular weight is 747 g/mol. The van der Waals surface area contributed by atoms with Gasteiger partial charge in [0.1, 0.15) is 8.07 Å². The number of aryl methyl sites for hydroxylation is 3. The van der Waals surface area contributed by atoms with Crippen LogP contribution in [0.5, 0.6) is 0 Å². The number of hydrogen-bond donors (Lipinski definition) is 0. The van der Waals surface area contributed by atoms with Gasteiger partial charge in [-0.2, -0.15) is 22.3 Å². The first-order chi connectivity index (χ1) is 20.0. The van der Waals surface area contributed by atoms with Gasteiger partial charge in [-0.1, -0.05) is 79.7 Å². The van der Waals surface area contributed by atoms with Crippen LogP contribution in [0.3, 0.4) is 0 Å². The van der Waals surface area contributed by atoms with Crippen molar-refractivity contribution in [3.05, 3.63) is 92.0 Å². The Balaban J connectivity index is 0.00000529. The molecule has 4 rings (SSSR count). The first-order valence-corrected chi connectivity index (χ1v) is 17.6. The summed E-state index contributed by atoms with van der Waals surface area (Å²) in [6.07, 6.45) is 0. The van der Waals surface area contributed by atoms with Crippen LogP contribution < -0.4 is 72.7 Å². The van der Waals surface area contributed by atoms with Gasteiger partial charge in [0.15, 0.2) is 0 Å². The molecule has 4 aromatic carbocycles. The largest absolute Gasteiger partial charge is 4.00 e. The molecule has 0 atom stereocenters. The van der Waals surface area contributed by atoms with Crippen LogP contribution in [0.2, 0.25) is 0 Å². The van der Waals surface area contributed by atoms with Crippen molar-refractivity contribution in [3.8, 4) is 0 Å². The molecule has 0 aliphatic carbocycles. The van der Waals surface area contributed by atoms with Crippen molar-refractivity contribution in [2.45, 2.75) is 69.2 Å². The van der Waals surface area contributed by atoms with Crippen LogP contribution in [0.25, 0.3) is 0 Å². The summed E-state index contributed by atoms with van der Waals surface area (Å²) in [6.45, 7) is 23.3. The first-order valence-electron chi connectivity index (χ1n) is 15.6. The van der Waals surface area contributed by atoms with Gasteiger partial charge in [0.25, 0.3) is 0 Å². The van der Waals surface area contributed by atoms with E-state index in [1.54, 1.807) is 5.19 Å². The molecule has 0 aliphatic rings. The van der Waals surface area contributed by atoms with Gasteiger partial charge in [0, 0.05) is 59.3 Å². The molecule has 254 valence electrons. The quantitative estimate of drug-likeness (QED) is 0.114. The van der Waals surface area contributed by atoms with E-state index >= 15 is 0 Å². The number of nitrogens with zero attached hydrogens (tertiary/aromatic N) is 3. The molecular weight excluding hydrogens is 693 g/mol. The van der Waals surface area contributed by atoms with Gasteiger partial charge in [-0.05, 0) is 74.9 Å². The molecule has 0 N–H and O–H groups in total. The fraction of sp³-hybridized carbons (Fsp3) is 0.410. The van der Waals surface area contributed by atoms with E-state index in [4.69, 9.17) is 0 Å². The van der Waals surface area contributed by atoms with Crippen molar-refractivity contribution in [1.82, 2.24) is 0 Å². The minimum atomic E-state index is -2.91. The number of benzene rings is 3. The van der Waals surface area contributed by atoms with Crippen LogP contribution in [-0.4, -0.2) is 50.4 Å². The first kappa shape index (κ1) is 45.2. The SMILES string of the molecule is Cc1ccc([Si](c2ccc(C)c(N(C)C)c2C)(c2ccc(C)c(N(C)C)c2C)[c-]2c(C)c(C)c(C)c2C)c(C)c1N(C)C.[Cl-].[Cl-].[Cl-].[Ti+4]. The summed E-state index contributed by atoms with van der Waals surface area (Å²) in [6, 6.07) is 14.6. The second-order valence-electron chi connectivity index (χ2n) is 13.5. The molecule has 0 heterocycles. The van der Waals surface area contributed by atoms with Gasteiger partial charge in [0.05, 0.1) is 0 Å². The Hall–Kier alpha value is -1.79. The molecule has 0 saturated carbocycles. The molecule has 0 saturated heterocycles. The van der Waals surface area contributed by atoms with E-state index in [1.165, 1.54) is 88.3 Å². The van der Waals surface area contributed by atoms with Crippen molar-refractivity contribution < 1.29 is 58.9 Å². The van der Waals surface area contributed by atoms with Crippen LogP contribution >= 0.6 is 0 Å². The van der Waals surface area contributed by atoms with Gasteiger partial charge < -0.3 is 51.9 Å². The Morgan fingerprint density at radius 2 is 0.638 bits per heavy atom. The zero-order valence-corrected chi connectivity index (χ0v) is 36.3. The molecule has 0 fully saturated rings. The number of rotatable bonds is 7. The maximum Gasteiger partial charge on any atom is 4.00 e. The minimum absolute atomic E-state index is 0. The molecule has 8 heteroatoms. The molecule has 3 nitrogen and oxygen atoms in total. The summed E-state index contributed by atoms with van der Waals surface area (Å²) >= 11 is 0. The maximum absolute atomic E-state index is 2.91. The van der Waals surface area contributed by atoms with Crippen molar-refractivity contribution in [3.63, 3.8) is 0 Å². The molecule has 0 spiro atoms. The van der Waals surface area contributed by atoms with Crippen molar-refractivity contribution >= 4 is 45.9 Å². The van der Waals surface area contributed by atoms with Crippen LogP contribution in [0.4, 0.5) is 17.1 Å². The standard InChI is InChI=1S/C39H54N3Si.3ClH.Ti/c1-23-17-20-33(30(8)36(23)40(11)12)43(39-28(6)26(4)27(5)29(39)7,34-21-18-24(2)37(31(34)9)41(13)14)35-22-19-25(3)38(32(35)10)42(15)16;;;;/h17-22H,1-16H3;3*1H;/q-1;;;;+4/p-3. The summed E-state index contributed by atoms with van der Waals surface area (Å²) in [5.74, 6) is 0. The van der Waals surface area contributed by atoms with Gasteiger partial charge >= 0.3 is 21.7 Å². The predicted molar refractivity (Wildman–Crippen MR) is 196 cm³/mol. The Labute approximate surface area is 321 Å². The summed E-state index contributed by atoms with van der Waals surface area (Å²) in [5.41, 5.74) is 17.9. The molecular formula is C39H54Cl3N3SiTi. The summed E-state index contributed by atoms with van der Waals surface area (Å²) in [5, 5.41) is 6.04. The molecule has 0 radical (unpaired) electrons. The number of halogens is 3. The van der Waals surface area contributed by atoms with Crippen LogP contribution in [0.15, 0.2) is 36.4 Å². The topological polar surface area (TPSA) is 9.72 Å². The molecule has 47 heavy (non-hydrogen) atoms. The van der Waals surface area contributed by atoms with E-state index < -0.39 is 8.07 Å². The summed E-state index contributed by atoms with van der Waals surface area (Å²) in [7, 11) is 10.2. The normalized spacial score (nSPS) is 10.7. The fourth-order valence-electron chi connectivity index (χ4n) is 8.41. The van der Waals surface area contributed by atoms with Gasteiger partial charge in [-0.25, -0.2) is 0 Å². The average Bonchev–Trinajstić information content (AvgIpc) is 3.09. The van der Waals surface area contributed by atoms with Gasteiger partial charge in [-0.15, -0.1) is 5.19 Å².